The topological polar surface area (TPSA) is 56.8 Å². The van der Waals surface area contributed by atoms with Crippen LogP contribution in [0.25, 0.3) is 0 Å². The summed E-state index contributed by atoms with van der Waals surface area (Å²) in [5.74, 6) is 1.78. The zero-order chi connectivity index (χ0) is 20.1. The summed E-state index contributed by atoms with van der Waals surface area (Å²) < 4.78 is 16.2. The normalized spacial score (nSPS) is 10.3. The zero-order valence-electron chi connectivity index (χ0n) is 15.2. The summed E-state index contributed by atoms with van der Waals surface area (Å²) in [6, 6.07) is 16.9. The van der Waals surface area contributed by atoms with Crippen molar-refractivity contribution in [1.82, 2.24) is 0 Å². The van der Waals surface area contributed by atoms with Crippen molar-refractivity contribution in [2.24, 2.45) is 0 Å². The summed E-state index contributed by atoms with van der Waals surface area (Å²) in [4.78, 5) is 12.7. The van der Waals surface area contributed by atoms with E-state index in [9.17, 15) is 4.79 Å². The van der Waals surface area contributed by atoms with Gasteiger partial charge in [-0.25, -0.2) is 0 Å². The molecular formula is C21H17Cl2NO4. The van der Waals surface area contributed by atoms with Crippen molar-refractivity contribution in [3.05, 3.63) is 76.3 Å². The molecule has 3 aromatic carbocycles. The Balaban J connectivity index is 1.86. The molecule has 3 aromatic rings. The summed E-state index contributed by atoms with van der Waals surface area (Å²) in [6.07, 6.45) is 0. The van der Waals surface area contributed by atoms with Gasteiger partial charge in [0.15, 0.2) is 5.75 Å². The molecule has 0 bridgehead atoms. The van der Waals surface area contributed by atoms with E-state index in [1.54, 1.807) is 49.6 Å². The largest absolute Gasteiger partial charge is 0.497 e. The molecular weight excluding hydrogens is 401 g/mol. The van der Waals surface area contributed by atoms with Gasteiger partial charge in [-0.3, -0.25) is 4.79 Å². The fraction of sp³-hybridized carbons (Fsp3) is 0.0952. The zero-order valence-corrected chi connectivity index (χ0v) is 16.7. The van der Waals surface area contributed by atoms with Crippen LogP contribution in [0.3, 0.4) is 0 Å². The number of anilines is 1. The molecule has 5 nitrogen and oxygen atoms in total. The molecule has 28 heavy (non-hydrogen) atoms. The van der Waals surface area contributed by atoms with Gasteiger partial charge in [-0.15, -0.1) is 0 Å². The Kier molecular flexibility index (Phi) is 6.29. The second-order valence-corrected chi connectivity index (χ2v) is 6.57. The highest BCUT2D eigenvalue weighted by Crippen LogP contribution is 2.34. The number of hydrogen-bond donors (Lipinski definition) is 1. The molecule has 0 aliphatic heterocycles. The highest BCUT2D eigenvalue weighted by Gasteiger charge is 2.14. The van der Waals surface area contributed by atoms with Crippen molar-refractivity contribution in [2.75, 3.05) is 19.5 Å². The first kappa shape index (κ1) is 19.9. The second-order valence-electron chi connectivity index (χ2n) is 5.72. The van der Waals surface area contributed by atoms with E-state index in [4.69, 9.17) is 37.4 Å². The molecule has 0 fully saturated rings. The number of hydrogen-bond acceptors (Lipinski definition) is 4. The predicted octanol–water partition coefficient (Wildman–Crippen LogP) is 6.06. The molecule has 0 saturated carbocycles. The van der Waals surface area contributed by atoms with Gasteiger partial charge >= 0.3 is 0 Å². The van der Waals surface area contributed by atoms with Crippen LogP contribution >= 0.6 is 23.2 Å². The van der Waals surface area contributed by atoms with Crippen LogP contribution < -0.4 is 19.5 Å². The van der Waals surface area contributed by atoms with Crippen molar-refractivity contribution < 1.29 is 19.0 Å². The first-order valence-electron chi connectivity index (χ1n) is 8.26. The number of rotatable bonds is 6. The summed E-state index contributed by atoms with van der Waals surface area (Å²) in [6.45, 7) is 0. The van der Waals surface area contributed by atoms with Crippen LogP contribution in [0.15, 0.2) is 60.7 Å². The third-order valence-corrected chi connectivity index (χ3v) is 4.40. The molecule has 0 unspecified atom stereocenters. The molecule has 3 rings (SSSR count). The van der Waals surface area contributed by atoms with Gasteiger partial charge in [0, 0.05) is 16.7 Å². The van der Waals surface area contributed by atoms with E-state index in [0.717, 1.165) is 0 Å². The number of methoxy groups -OCH3 is 2. The fourth-order valence-corrected chi connectivity index (χ4v) is 2.91. The lowest BCUT2D eigenvalue weighted by atomic mass is 10.2. The number of amides is 1. The molecule has 1 amide bonds. The number of benzene rings is 3. The van der Waals surface area contributed by atoms with Crippen LogP contribution in [0, 0.1) is 0 Å². The summed E-state index contributed by atoms with van der Waals surface area (Å²) in [7, 11) is 3.09. The van der Waals surface area contributed by atoms with Crippen LogP contribution in [0.1, 0.15) is 10.4 Å². The standard InChI is InChI=1S/C21H17Cl2NO4/c1-26-15-4-3-5-16(12-15)28-20-9-7-14(22)11-18(20)24-21(25)13-6-8-19(27-2)17(23)10-13/h3-12H,1-2H3,(H,24,25). The first-order valence-corrected chi connectivity index (χ1v) is 9.02. The fourth-order valence-electron chi connectivity index (χ4n) is 2.48. The maximum absolute atomic E-state index is 12.7. The SMILES string of the molecule is COc1cccc(Oc2ccc(Cl)cc2NC(=O)c2ccc(OC)c(Cl)c2)c1. The average molecular weight is 418 g/mol. The van der Waals surface area contributed by atoms with Crippen LogP contribution in [0.5, 0.6) is 23.0 Å². The predicted molar refractivity (Wildman–Crippen MR) is 110 cm³/mol. The van der Waals surface area contributed by atoms with Crippen molar-refractivity contribution in [2.45, 2.75) is 0 Å². The Bertz CT molecular complexity index is 1010. The van der Waals surface area contributed by atoms with Crippen LogP contribution in [0.4, 0.5) is 5.69 Å². The number of ether oxygens (including phenoxy) is 3. The van der Waals surface area contributed by atoms with Crippen molar-refractivity contribution in [3.63, 3.8) is 0 Å². The molecule has 7 heteroatoms. The Labute approximate surface area is 172 Å². The van der Waals surface area contributed by atoms with Gasteiger partial charge in [0.2, 0.25) is 0 Å². The Morgan fingerprint density at radius 2 is 1.61 bits per heavy atom. The van der Waals surface area contributed by atoms with Crippen molar-refractivity contribution >= 4 is 34.8 Å². The molecule has 1 N–H and O–H groups in total. The van der Waals surface area contributed by atoms with E-state index in [1.807, 2.05) is 12.1 Å². The van der Waals surface area contributed by atoms with E-state index in [1.165, 1.54) is 13.2 Å². The highest BCUT2D eigenvalue weighted by atomic mass is 35.5. The third-order valence-electron chi connectivity index (χ3n) is 3.87. The van der Waals surface area contributed by atoms with Crippen LogP contribution in [0.2, 0.25) is 10.0 Å². The second kappa shape index (κ2) is 8.87. The molecule has 0 radical (unpaired) electrons. The minimum atomic E-state index is -0.359. The molecule has 0 aliphatic rings. The quantitative estimate of drug-likeness (QED) is 0.529. The Morgan fingerprint density at radius 1 is 0.857 bits per heavy atom. The monoisotopic (exact) mass is 417 g/mol. The van der Waals surface area contributed by atoms with Gasteiger partial charge in [0.25, 0.3) is 5.91 Å². The van der Waals surface area contributed by atoms with Crippen molar-refractivity contribution in [1.29, 1.82) is 0 Å². The highest BCUT2D eigenvalue weighted by molar-refractivity contribution is 6.32. The summed E-state index contributed by atoms with van der Waals surface area (Å²) in [5, 5.41) is 3.60. The van der Waals surface area contributed by atoms with Gasteiger partial charge in [-0.1, -0.05) is 29.3 Å². The van der Waals surface area contributed by atoms with E-state index in [-0.39, 0.29) is 5.91 Å². The van der Waals surface area contributed by atoms with Gasteiger partial charge in [-0.2, -0.15) is 0 Å². The van der Waals surface area contributed by atoms with Gasteiger partial charge < -0.3 is 19.5 Å². The molecule has 144 valence electrons. The van der Waals surface area contributed by atoms with Crippen LogP contribution in [-0.2, 0) is 0 Å². The lowest BCUT2D eigenvalue weighted by molar-refractivity contribution is 0.102. The van der Waals surface area contributed by atoms with E-state index in [2.05, 4.69) is 5.32 Å². The molecule has 0 heterocycles. The number of carbonyl (C=O) groups is 1. The number of halogens is 2. The van der Waals surface area contributed by atoms with Gasteiger partial charge in [-0.05, 0) is 48.5 Å². The molecule has 0 atom stereocenters. The lowest BCUT2D eigenvalue weighted by Crippen LogP contribution is -2.12. The minimum absolute atomic E-state index is 0.342. The maximum atomic E-state index is 12.7. The van der Waals surface area contributed by atoms with Crippen LogP contribution in [-0.4, -0.2) is 20.1 Å². The molecule has 0 aromatic heterocycles. The first-order chi connectivity index (χ1) is 13.5. The molecule has 0 aliphatic carbocycles. The van der Waals surface area contributed by atoms with E-state index < -0.39 is 0 Å². The summed E-state index contributed by atoms with van der Waals surface area (Å²) in [5.41, 5.74) is 0.797. The number of carbonyl (C=O) groups excluding carboxylic acids is 1. The smallest absolute Gasteiger partial charge is 0.255 e. The third kappa shape index (κ3) is 4.68. The Morgan fingerprint density at radius 3 is 2.32 bits per heavy atom. The van der Waals surface area contributed by atoms with Crippen molar-refractivity contribution in [3.8, 4) is 23.0 Å². The maximum Gasteiger partial charge on any atom is 0.255 e. The van der Waals surface area contributed by atoms with Gasteiger partial charge in [0.05, 0.1) is 24.9 Å². The number of nitrogens with one attached hydrogen (secondary N) is 1. The minimum Gasteiger partial charge on any atom is -0.497 e. The van der Waals surface area contributed by atoms with E-state index in [0.29, 0.717) is 44.3 Å². The lowest BCUT2D eigenvalue weighted by Gasteiger charge is -2.14. The molecule has 0 spiro atoms. The molecule has 0 saturated heterocycles. The Hall–Kier alpha value is -2.89. The van der Waals surface area contributed by atoms with E-state index >= 15 is 0 Å². The summed E-state index contributed by atoms with van der Waals surface area (Å²) >= 11 is 12.2. The average Bonchev–Trinajstić information content (AvgIpc) is 2.70. The van der Waals surface area contributed by atoms with Gasteiger partial charge in [0.1, 0.15) is 17.2 Å².